The molecule has 0 heterocycles. The molecule has 4 nitrogen and oxygen atoms in total. The Kier molecular flexibility index (Phi) is 12.1. The fourth-order valence-corrected chi connectivity index (χ4v) is 3.72. The summed E-state index contributed by atoms with van der Waals surface area (Å²) in [7, 11) is 0. The highest BCUT2D eigenvalue weighted by molar-refractivity contribution is 7.99. The van der Waals surface area contributed by atoms with Gasteiger partial charge < -0.3 is 10.4 Å². The van der Waals surface area contributed by atoms with E-state index in [0.29, 0.717) is 12.3 Å². The van der Waals surface area contributed by atoms with Crippen molar-refractivity contribution < 1.29 is 14.7 Å². The molecule has 0 aromatic rings. The zero-order valence-corrected chi connectivity index (χ0v) is 15.2. The maximum atomic E-state index is 12.3. The Labute approximate surface area is 145 Å². The Morgan fingerprint density at radius 1 is 0.870 bits per heavy atom. The highest BCUT2D eigenvalue weighted by atomic mass is 32.2. The molecule has 1 saturated carbocycles. The summed E-state index contributed by atoms with van der Waals surface area (Å²) < 4.78 is 0. The van der Waals surface area contributed by atoms with Crippen LogP contribution in [-0.2, 0) is 9.59 Å². The molecule has 0 radical (unpaired) electrons. The van der Waals surface area contributed by atoms with E-state index >= 15 is 0 Å². The predicted octanol–water partition coefficient (Wildman–Crippen LogP) is 4.23. The van der Waals surface area contributed by atoms with Crippen molar-refractivity contribution in [2.75, 3.05) is 18.1 Å². The van der Waals surface area contributed by atoms with Crippen LogP contribution in [0.4, 0.5) is 0 Å². The number of rotatable bonds is 6. The number of carboxylic acids is 1. The molecular formula is C18H33NO3S. The van der Waals surface area contributed by atoms with Crippen LogP contribution >= 0.6 is 11.8 Å². The third kappa shape index (κ3) is 11.5. The van der Waals surface area contributed by atoms with Gasteiger partial charge in [0.1, 0.15) is 0 Å². The van der Waals surface area contributed by atoms with E-state index in [1.54, 1.807) is 0 Å². The predicted molar refractivity (Wildman–Crippen MR) is 96.9 cm³/mol. The minimum absolute atomic E-state index is 0.110. The molecule has 0 unspecified atom stereocenters. The lowest BCUT2D eigenvalue weighted by atomic mass is 9.94. The van der Waals surface area contributed by atoms with Gasteiger partial charge in [0.15, 0.2) is 0 Å². The average molecular weight is 344 g/mol. The van der Waals surface area contributed by atoms with Crippen molar-refractivity contribution in [3.63, 3.8) is 0 Å². The van der Waals surface area contributed by atoms with Crippen LogP contribution in [0.25, 0.3) is 0 Å². The molecule has 0 saturated heterocycles. The smallest absolute Gasteiger partial charge is 0.313 e. The van der Waals surface area contributed by atoms with Gasteiger partial charge in [0, 0.05) is 18.2 Å². The Morgan fingerprint density at radius 3 is 1.83 bits per heavy atom. The number of carbonyl (C=O) groups excluding carboxylic acids is 1. The summed E-state index contributed by atoms with van der Waals surface area (Å²) in [5.74, 6) is 0.317. The highest BCUT2D eigenvalue weighted by Crippen LogP contribution is 2.21. The monoisotopic (exact) mass is 343 g/mol. The number of hydrogen-bond acceptors (Lipinski definition) is 3. The zero-order chi connectivity index (χ0) is 16.8. The fourth-order valence-electron chi connectivity index (χ4n) is 3.15. The lowest BCUT2D eigenvalue weighted by molar-refractivity contribution is -0.134. The van der Waals surface area contributed by atoms with Gasteiger partial charge in [0.05, 0.1) is 5.75 Å². The van der Waals surface area contributed by atoms with Crippen molar-refractivity contribution in [1.29, 1.82) is 0 Å². The standard InChI is InChI=1S/C18H33NO3S/c20-17(21)15-23-14-13-19-18(22)16-11-9-7-5-3-1-2-4-6-8-10-12-16/h16H,1-15H2,(H,19,22)(H,20,21). The Morgan fingerprint density at radius 2 is 1.35 bits per heavy atom. The van der Waals surface area contributed by atoms with Crippen LogP contribution in [0.1, 0.15) is 77.0 Å². The Balaban J connectivity index is 2.26. The van der Waals surface area contributed by atoms with Crippen molar-refractivity contribution in [3.8, 4) is 0 Å². The Bertz CT molecular complexity index is 322. The molecule has 0 aliphatic heterocycles. The maximum absolute atomic E-state index is 12.3. The minimum Gasteiger partial charge on any atom is -0.481 e. The Hall–Kier alpha value is -0.710. The van der Waals surface area contributed by atoms with Crippen LogP contribution in [0.5, 0.6) is 0 Å². The first-order chi connectivity index (χ1) is 11.2. The molecule has 2 N–H and O–H groups in total. The van der Waals surface area contributed by atoms with Gasteiger partial charge in [0.2, 0.25) is 5.91 Å². The number of carboxylic acid groups (broad SMARTS) is 1. The molecule has 5 heteroatoms. The molecule has 1 aliphatic carbocycles. The van der Waals surface area contributed by atoms with Gasteiger partial charge in [-0.05, 0) is 12.8 Å². The van der Waals surface area contributed by atoms with Crippen LogP contribution in [0, 0.1) is 5.92 Å². The SMILES string of the molecule is O=C(O)CSCCNC(=O)C1CCCCCCCCCCCC1. The number of aliphatic carboxylic acids is 1. The van der Waals surface area contributed by atoms with Crippen molar-refractivity contribution in [3.05, 3.63) is 0 Å². The number of hydrogen-bond donors (Lipinski definition) is 2. The van der Waals surface area contributed by atoms with Crippen molar-refractivity contribution in [2.24, 2.45) is 5.92 Å². The molecule has 1 aliphatic rings. The third-order valence-electron chi connectivity index (χ3n) is 4.50. The summed E-state index contributed by atoms with van der Waals surface area (Å²) in [5, 5.41) is 11.6. The molecule has 0 bridgehead atoms. The van der Waals surface area contributed by atoms with E-state index in [2.05, 4.69) is 5.32 Å². The number of amides is 1. The van der Waals surface area contributed by atoms with E-state index in [-0.39, 0.29) is 17.6 Å². The van der Waals surface area contributed by atoms with Crippen LogP contribution in [0.2, 0.25) is 0 Å². The minimum atomic E-state index is -0.795. The summed E-state index contributed by atoms with van der Waals surface area (Å²) in [4.78, 5) is 22.8. The fraction of sp³-hybridized carbons (Fsp3) is 0.889. The first-order valence-corrected chi connectivity index (χ1v) is 10.4. The van der Waals surface area contributed by atoms with E-state index in [1.165, 1.54) is 63.1 Å². The lowest BCUT2D eigenvalue weighted by Gasteiger charge is -2.16. The van der Waals surface area contributed by atoms with E-state index < -0.39 is 5.97 Å². The normalized spacial score (nSPS) is 19.1. The molecule has 134 valence electrons. The summed E-state index contributed by atoms with van der Waals surface area (Å²) in [5.41, 5.74) is 0. The molecular weight excluding hydrogens is 310 g/mol. The van der Waals surface area contributed by atoms with Crippen molar-refractivity contribution >= 4 is 23.6 Å². The van der Waals surface area contributed by atoms with Crippen molar-refractivity contribution in [1.82, 2.24) is 5.32 Å². The molecule has 0 aromatic carbocycles. The molecule has 0 atom stereocenters. The second-order valence-corrected chi connectivity index (χ2v) is 7.65. The van der Waals surface area contributed by atoms with Crippen LogP contribution in [-0.4, -0.2) is 35.0 Å². The maximum Gasteiger partial charge on any atom is 0.313 e. The summed E-state index contributed by atoms with van der Waals surface area (Å²) >= 11 is 1.36. The molecule has 1 rings (SSSR count). The summed E-state index contributed by atoms with van der Waals surface area (Å²) in [6.07, 6.45) is 14.9. The van der Waals surface area contributed by atoms with E-state index in [9.17, 15) is 9.59 Å². The number of carbonyl (C=O) groups is 2. The first-order valence-electron chi connectivity index (χ1n) is 9.27. The summed E-state index contributed by atoms with van der Waals surface area (Å²) in [6.45, 7) is 0.577. The second-order valence-electron chi connectivity index (χ2n) is 6.55. The number of thioether (sulfide) groups is 1. The molecule has 0 aromatic heterocycles. The summed E-state index contributed by atoms with van der Waals surface area (Å²) in [6, 6.07) is 0. The second kappa shape index (κ2) is 13.7. The number of nitrogens with one attached hydrogen (secondary N) is 1. The molecule has 0 spiro atoms. The van der Waals surface area contributed by atoms with E-state index in [1.807, 2.05) is 0 Å². The van der Waals surface area contributed by atoms with Gasteiger partial charge in [-0.1, -0.05) is 64.2 Å². The highest BCUT2D eigenvalue weighted by Gasteiger charge is 2.17. The zero-order valence-electron chi connectivity index (χ0n) is 14.4. The van der Waals surface area contributed by atoms with Gasteiger partial charge in [0.25, 0.3) is 0 Å². The van der Waals surface area contributed by atoms with Gasteiger partial charge >= 0.3 is 5.97 Å². The van der Waals surface area contributed by atoms with Crippen LogP contribution in [0.3, 0.4) is 0 Å². The van der Waals surface area contributed by atoms with Gasteiger partial charge in [-0.3, -0.25) is 9.59 Å². The lowest BCUT2D eigenvalue weighted by Crippen LogP contribution is -2.32. The van der Waals surface area contributed by atoms with Gasteiger partial charge in [-0.2, -0.15) is 0 Å². The van der Waals surface area contributed by atoms with E-state index in [0.717, 1.165) is 25.7 Å². The van der Waals surface area contributed by atoms with E-state index in [4.69, 9.17) is 5.11 Å². The van der Waals surface area contributed by atoms with Crippen LogP contribution in [0.15, 0.2) is 0 Å². The third-order valence-corrected chi connectivity index (χ3v) is 5.44. The molecule has 1 fully saturated rings. The first kappa shape index (κ1) is 20.3. The van der Waals surface area contributed by atoms with Crippen molar-refractivity contribution in [2.45, 2.75) is 77.0 Å². The average Bonchev–Trinajstić information content (AvgIpc) is 2.55. The van der Waals surface area contributed by atoms with Gasteiger partial charge in [-0.15, -0.1) is 11.8 Å². The molecule has 23 heavy (non-hydrogen) atoms. The van der Waals surface area contributed by atoms with Crippen LogP contribution < -0.4 is 5.32 Å². The molecule has 1 amide bonds. The quantitative estimate of drug-likeness (QED) is 0.708. The largest absolute Gasteiger partial charge is 0.481 e. The van der Waals surface area contributed by atoms with Gasteiger partial charge in [-0.25, -0.2) is 0 Å². The topological polar surface area (TPSA) is 66.4 Å².